The van der Waals surface area contributed by atoms with Gasteiger partial charge in [0.2, 0.25) is 0 Å². The quantitative estimate of drug-likeness (QED) is 0.223. The number of fused-ring (bicyclic) bond motifs is 6. The van der Waals surface area contributed by atoms with Gasteiger partial charge in [0, 0.05) is 38.7 Å². The number of aromatic nitrogens is 2. The van der Waals surface area contributed by atoms with Crippen molar-refractivity contribution in [1.29, 1.82) is 0 Å². The summed E-state index contributed by atoms with van der Waals surface area (Å²) in [7, 11) is 0. The number of aliphatic imine (C=N–C) groups is 1. The first kappa shape index (κ1) is 25.1. The third-order valence-electron chi connectivity index (χ3n) is 9.06. The molecule has 0 bridgehead atoms. The minimum Gasteiger partial charge on any atom is -0.337 e. The van der Waals surface area contributed by atoms with Gasteiger partial charge in [0.1, 0.15) is 12.0 Å². The van der Waals surface area contributed by atoms with E-state index >= 15 is 0 Å². The lowest BCUT2D eigenvalue weighted by atomic mass is 10.0. The third-order valence-corrected chi connectivity index (χ3v) is 9.06. The van der Waals surface area contributed by atoms with Crippen LogP contribution in [0, 0.1) is 0 Å². The molecule has 2 N–H and O–H groups in total. The number of benzene rings is 5. The normalized spacial score (nSPS) is 18.0. The second kappa shape index (κ2) is 10.1. The van der Waals surface area contributed by atoms with Crippen molar-refractivity contribution in [2.45, 2.75) is 25.3 Å². The van der Waals surface area contributed by atoms with Crippen molar-refractivity contribution in [2.24, 2.45) is 4.99 Å². The number of para-hydroxylation sites is 2. The Morgan fingerprint density at radius 1 is 0.659 bits per heavy atom. The molecule has 44 heavy (non-hydrogen) atoms. The molecule has 2 atom stereocenters. The Labute approximate surface area is 255 Å². The maximum atomic E-state index is 5.17. The summed E-state index contributed by atoms with van der Waals surface area (Å²) in [5.74, 6) is 0.895. The summed E-state index contributed by atoms with van der Waals surface area (Å²) in [5, 5.41) is 11.5. The zero-order valence-electron chi connectivity index (χ0n) is 24.2. The van der Waals surface area contributed by atoms with Crippen LogP contribution in [-0.4, -0.2) is 15.0 Å². The molecular weight excluding hydrogens is 538 g/mol. The van der Waals surface area contributed by atoms with Crippen molar-refractivity contribution in [3.63, 3.8) is 0 Å². The van der Waals surface area contributed by atoms with Crippen LogP contribution in [0.5, 0.6) is 0 Å². The van der Waals surface area contributed by atoms with E-state index in [1.54, 1.807) is 0 Å². The third kappa shape index (κ3) is 3.94. The van der Waals surface area contributed by atoms with E-state index < -0.39 is 0 Å². The fourth-order valence-corrected chi connectivity index (χ4v) is 7.09. The van der Waals surface area contributed by atoms with Crippen molar-refractivity contribution >= 4 is 44.6 Å². The first-order valence-electron chi connectivity index (χ1n) is 15.4. The molecule has 5 aromatic carbocycles. The molecule has 1 aliphatic heterocycles. The standard InChI is InChI=1S/C39H31N5/c1-4-14-26(15-5-1)37-40-38(27-16-6-2-7-17-27)42-39(41-37)44-34-23-13-11-21-30(34)32-24-35-31(25-36(32)44)29-20-10-12-22-33(29)43(35)28-18-8-3-9-19-28/h1-12,14-22,24-25,37,39,41H,13,23H2,(H,40,42). The van der Waals surface area contributed by atoms with E-state index in [1.165, 1.54) is 49.7 Å². The summed E-state index contributed by atoms with van der Waals surface area (Å²) in [6.07, 6.45) is 6.27. The van der Waals surface area contributed by atoms with E-state index in [0.717, 1.165) is 29.8 Å². The summed E-state index contributed by atoms with van der Waals surface area (Å²) in [5.41, 5.74) is 9.71. The topological polar surface area (TPSA) is 46.3 Å². The molecule has 0 saturated heterocycles. The molecule has 0 fully saturated rings. The van der Waals surface area contributed by atoms with Crippen LogP contribution in [0.15, 0.2) is 138 Å². The minimum absolute atomic E-state index is 0.186. The number of nitrogens with zero attached hydrogens (tertiary/aromatic N) is 3. The van der Waals surface area contributed by atoms with Gasteiger partial charge in [-0.05, 0) is 48.7 Å². The molecule has 2 unspecified atom stereocenters. The van der Waals surface area contributed by atoms with Gasteiger partial charge in [-0.3, -0.25) is 5.32 Å². The Morgan fingerprint density at radius 3 is 2.18 bits per heavy atom. The monoisotopic (exact) mass is 569 g/mol. The number of amidine groups is 1. The molecule has 5 heteroatoms. The van der Waals surface area contributed by atoms with Gasteiger partial charge in [-0.25, -0.2) is 4.99 Å². The summed E-state index contributed by atoms with van der Waals surface area (Å²) in [6.45, 7) is 0. The van der Waals surface area contributed by atoms with Crippen LogP contribution < -0.4 is 10.6 Å². The molecular formula is C39H31N5. The lowest BCUT2D eigenvalue weighted by Crippen LogP contribution is -2.48. The molecule has 0 amide bonds. The lowest BCUT2D eigenvalue weighted by molar-refractivity contribution is 0.317. The average molecular weight is 570 g/mol. The highest BCUT2D eigenvalue weighted by Crippen LogP contribution is 2.40. The Bertz CT molecular complexity index is 2220. The van der Waals surface area contributed by atoms with E-state index in [1.807, 2.05) is 0 Å². The number of allylic oxidation sites excluding steroid dienone is 1. The fourth-order valence-electron chi connectivity index (χ4n) is 7.09. The van der Waals surface area contributed by atoms with Crippen LogP contribution in [0.2, 0.25) is 0 Å². The molecule has 1 aliphatic carbocycles. The van der Waals surface area contributed by atoms with Crippen molar-refractivity contribution in [2.75, 3.05) is 0 Å². The molecule has 5 nitrogen and oxygen atoms in total. The SMILES string of the molecule is C1=Cc2c(n(C3NC(c4ccccc4)=NC(c4ccccc4)N3)c3cc4c5ccccc5n(-c5ccccc5)c4cc23)CC1. The Kier molecular flexibility index (Phi) is 5.78. The van der Waals surface area contributed by atoms with E-state index in [0.29, 0.717) is 0 Å². The molecule has 3 heterocycles. The van der Waals surface area contributed by atoms with Crippen LogP contribution in [0.25, 0.3) is 44.5 Å². The van der Waals surface area contributed by atoms with Crippen molar-refractivity contribution in [1.82, 2.24) is 19.8 Å². The largest absolute Gasteiger partial charge is 0.337 e. The highest BCUT2D eigenvalue weighted by molar-refractivity contribution is 6.14. The molecule has 7 aromatic rings. The summed E-state index contributed by atoms with van der Waals surface area (Å²) in [6, 6.07) is 45.3. The number of nitrogens with one attached hydrogen (secondary N) is 2. The van der Waals surface area contributed by atoms with Gasteiger partial charge in [-0.15, -0.1) is 0 Å². The predicted molar refractivity (Wildman–Crippen MR) is 181 cm³/mol. The van der Waals surface area contributed by atoms with Crippen molar-refractivity contribution in [3.8, 4) is 5.69 Å². The maximum absolute atomic E-state index is 5.17. The van der Waals surface area contributed by atoms with E-state index in [2.05, 4.69) is 159 Å². The van der Waals surface area contributed by atoms with E-state index in [-0.39, 0.29) is 12.5 Å². The highest BCUT2D eigenvalue weighted by atomic mass is 15.4. The number of rotatable bonds is 4. The van der Waals surface area contributed by atoms with Crippen LogP contribution >= 0.6 is 0 Å². The lowest BCUT2D eigenvalue weighted by Gasteiger charge is -2.34. The van der Waals surface area contributed by atoms with Crippen LogP contribution in [-0.2, 0) is 6.42 Å². The van der Waals surface area contributed by atoms with Gasteiger partial charge in [-0.2, -0.15) is 0 Å². The Balaban J connectivity index is 1.29. The van der Waals surface area contributed by atoms with Crippen LogP contribution in [0.1, 0.15) is 41.3 Å². The predicted octanol–water partition coefficient (Wildman–Crippen LogP) is 8.49. The Morgan fingerprint density at radius 2 is 1.36 bits per heavy atom. The van der Waals surface area contributed by atoms with Crippen molar-refractivity contribution < 1.29 is 0 Å². The number of hydrogen-bond acceptors (Lipinski definition) is 3. The first-order valence-corrected chi connectivity index (χ1v) is 15.4. The molecule has 9 rings (SSSR count). The molecule has 0 saturated carbocycles. The zero-order chi connectivity index (χ0) is 29.0. The average Bonchev–Trinajstić information content (AvgIpc) is 3.60. The molecule has 2 aliphatic rings. The molecule has 2 aromatic heterocycles. The van der Waals surface area contributed by atoms with E-state index in [4.69, 9.17) is 4.99 Å². The van der Waals surface area contributed by atoms with Gasteiger partial charge >= 0.3 is 0 Å². The first-order chi connectivity index (χ1) is 21.8. The van der Waals surface area contributed by atoms with E-state index in [9.17, 15) is 0 Å². The smallest absolute Gasteiger partial charge is 0.162 e. The maximum Gasteiger partial charge on any atom is 0.162 e. The van der Waals surface area contributed by atoms with Gasteiger partial charge in [-0.1, -0.05) is 109 Å². The number of hydrogen-bond donors (Lipinski definition) is 2. The minimum atomic E-state index is -0.189. The Hall–Kier alpha value is -5.39. The van der Waals surface area contributed by atoms with Crippen molar-refractivity contribution in [3.05, 3.63) is 156 Å². The van der Waals surface area contributed by atoms with Gasteiger partial charge in [0.25, 0.3) is 0 Å². The summed E-state index contributed by atoms with van der Waals surface area (Å²) >= 11 is 0. The second-order valence-corrected chi connectivity index (χ2v) is 11.6. The van der Waals surface area contributed by atoms with Gasteiger partial charge < -0.3 is 14.5 Å². The molecule has 0 spiro atoms. The zero-order valence-corrected chi connectivity index (χ0v) is 24.2. The van der Waals surface area contributed by atoms with Crippen LogP contribution in [0.4, 0.5) is 0 Å². The fraction of sp³-hybridized carbons (Fsp3) is 0.103. The van der Waals surface area contributed by atoms with Crippen LogP contribution in [0.3, 0.4) is 0 Å². The summed E-state index contributed by atoms with van der Waals surface area (Å²) in [4.78, 5) is 5.17. The summed E-state index contributed by atoms with van der Waals surface area (Å²) < 4.78 is 4.90. The molecule has 212 valence electrons. The molecule has 0 radical (unpaired) electrons. The van der Waals surface area contributed by atoms with Gasteiger partial charge in [0.15, 0.2) is 6.29 Å². The highest BCUT2D eigenvalue weighted by Gasteiger charge is 2.30. The second-order valence-electron chi connectivity index (χ2n) is 11.6. The van der Waals surface area contributed by atoms with Gasteiger partial charge in [0.05, 0.1) is 16.6 Å².